The number of hydrogen-bond donors (Lipinski definition) is 2. The zero-order valence-corrected chi connectivity index (χ0v) is 29.0. The van der Waals surface area contributed by atoms with Crippen LogP contribution in [0.25, 0.3) is 23.1 Å². The number of benzene rings is 3. The van der Waals surface area contributed by atoms with Crippen LogP contribution >= 0.6 is 23.4 Å². The van der Waals surface area contributed by atoms with E-state index in [0.717, 1.165) is 78.5 Å². The molecule has 1 aromatic heterocycles. The van der Waals surface area contributed by atoms with Gasteiger partial charge in [-0.1, -0.05) is 78.3 Å². The molecule has 2 aliphatic rings. The van der Waals surface area contributed by atoms with E-state index in [-0.39, 0.29) is 16.6 Å². The van der Waals surface area contributed by atoms with Crippen LogP contribution in [0.1, 0.15) is 85.6 Å². The van der Waals surface area contributed by atoms with Gasteiger partial charge in [0, 0.05) is 27.5 Å². The number of rotatable bonds is 14. The Balaban J connectivity index is 1.17. The predicted molar refractivity (Wildman–Crippen MR) is 196 cm³/mol. The Morgan fingerprint density at radius 1 is 1.11 bits per heavy atom. The SMILES string of the molecule is CC(C)(O)c1ccccc1CC[C@@H](SCC1(CC(=O)OCC2CCCN2)CC1)c1cccc(C=Cc2ccc3ccc(Cl)cc3n2)c1. The second kappa shape index (κ2) is 14.9. The van der Waals surface area contributed by atoms with E-state index in [1.807, 2.05) is 68.1 Å². The first-order chi connectivity index (χ1) is 22.7. The molecule has 3 aromatic carbocycles. The number of aliphatic hydroxyl groups is 1. The van der Waals surface area contributed by atoms with Gasteiger partial charge in [0.05, 0.1) is 23.2 Å². The van der Waals surface area contributed by atoms with E-state index < -0.39 is 5.60 Å². The third-order valence-electron chi connectivity index (χ3n) is 9.43. The summed E-state index contributed by atoms with van der Waals surface area (Å²) < 4.78 is 5.70. The van der Waals surface area contributed by atoms with Gasteiger partial charge in [0.1, 0.15) is 6.61 Å². The maximum absolute atomic E-state index is 12.8. The summed E-state index contributed by atoms with van der Waals surface area (Å²) in [6, 6.07) is 27.1. The van der Waals surface area contributed by atoms with E-state index in [2.05, 4.69) is 53.9 Å². The van der Waals surface area contributed by atoms with E-state index in [9.17, 15) is 9.90 Å². The van der Waals surface area contributed by atoms with Gasteiger partial charge in [-0.05, 0) is 111 Å². The van der Waals surface area contributed by atoms with E-state index in [1.165, 1.54) is 11.1 Å². The number of hydrogen-bond acceptors (Lipinski definition) is 6. The van der Waals surface area contributed by atoms with Gasteiger partial charge in [-0.3, -0.25) is 4.79 Å². The topological polar surface area (TPSA) is 71.5 Å². The molecule has 0 amide bonds. The smallest absolute Gasteiger partial charge is 0.306 e. The van der Waals surface area contributed by atoms with Crippen LogP contribution in [0, 0.1) is 5.41 Å². The van der Waals surface area contributed by atoms with Gasteiger partial charge < -0.3 is 15.2 Å². The lowest BCUT2D eigenvalue weighted by molar-refractivity contribution is -0.145. The normalized spacial score (nSPS) is 18.1. The minimum Gasteiger partial charge on any atom is -0.464 e. The van der Waals surface area contributed by atoms with Crippen molar-refractivity contribution < 1.29 is 14.6 Å². The molecule has 0 radical (unpaired) electrons. The number of carbonyl (C=O) groups excluding carboxylic acids is 1. The molecule has 2 N–H and O–H groups in total. The average Bonchev–Trinajstić information content (AvgIpc) is 3.60. The average molecular weight is 669 g/mol. The number of aromatic nitrogens is 1. The highest BCUT2D eigenvalue weighted by Crippen LogP contribution is 2.53. The number of ether oxygens (including phenoxy) is 1. The fraction of sp³-hybridized carbons (Fsp3) is 0.400. The molecule has 6 rings (SSSR count). The second-order valence-corrected chi connectivity index (χ2v) is 15.4. The fourth-order valence-corrected chi connectivity index (χ4v) is 8.22. The number of aryl methyl sites for hydroxylation is 1. The number of pyridine rings is 1. The fourth-order valence-electron chi connectivity index (χ4n) is 6.49. The number of esters is 1. The molecule has 0 bridgehead atoms. The molecule has 0 spiro atoms. The number of thioether (sulfide) groups is 1. The Labute approximate surface area is 288 Å². The summed E-state index contributed by atoms with van der Waals surface area (Å²) in [4.78, 5) is 17.6. The van der Waals surface area contributed by atoms with Crippen LogP contribution in [-0.4, -0.2) is 41.0 Å². The molecule has 2 fully saturated rings. The van der Waals surface area contributed by atoms with Crippen LogP contribution in [0.2, 0.25) is 5.02 Å². The van der Waals surface area contributed by atoms with Gasteiger partial charge >= 0.3 is 5.97 Å². The maximum Gasteiger partial charge on any atom is 0.306 e. The van der Waals surface area contributed by atoms with E-state index in [4.69, 9.17) is 21.3 Å². The summed E-state index contributed by atoms with van der Waals surface area (Å²) in [7, 11) is 0. The minimum absolute atomic E-state index is 0.0241. The molecule has 47 heavy (non-hydrogen) atoms. The van der Waals surface area contributed by atoms with Crippen LogP contribution in [0.15, 0.2) is 78.9 Å². The van der Waals surface area contributed by atoms with E-state index in [0.29, 0.717) is 24.1 Å². The molecule has 2 atom stereocenters. The molecule has 1 saturated heterocycles. The third kappa shape index (κ3) is 9.26. The molecule has 1 aliphatic heterocycles. The number of nitrogens with one attached hydrogen (secondary N) is 1. The van der Waals surface area contributed by atoms with Crippen molar-refractivity contribution in [2.45, 2.75) is 75.7 Å². The highest BCUT2D eigenvalue weighted by molar-refractivity contribution is 7.99. The van der Waals surface area contributed by atoms with Gasteiger partial charge in [-0.2, -0.15) is 11.8 Å². The Morgan fingerprint density at radius 2 is 1.94 bits per heavy atom. The molecule has 1 aliphatic carbocycles. The largest absolute Gasteiger partial charge is 0.464 e. The molecule has 4 aromatic rings. The van der Waals surface area contributed by atoms with Gasteiger partial charge in [0.25, 0.3) is 0 Å². The van der Waals surface area contributed by atoms with E-state index >= 15 is 0 Å². The van der Waals surface area contributed by atoms with Gasteiger partial charge in [-0.25, -0.2) is 4.98 Å². The first kappa shape index (κ1) is 33.7. The number of carbonyl (C=O) groups is 1. The molecule has 1 unspecified atom stereocenters. The lowest BCUT2D eigenvalue weighted by atomic mass is 9.90. The monoisotopic (exact) mass is 668 g/mol. The van der Waals surface area contributed by atoms with Crippen molar-refractivity contribution in [2.24, 2.45) is 5.41 Å². The zero-order chi connectivity index (χ0) is 32.9. The van der Waals surface area contributed by atoms with Crippen molar-refractivity contribution in [3.8, 4) is 0 Å². The van der Waals surface area contributed by atoms with Crippen LogP contribution in [-0.2, 0) is 21.6 Å². The molecule has 2 heterocycles. The molecular weight excluding hydrogens is 624 g/mol. The predicted octanol–water partition coefficient (Wildman–Crippen LogP) is 9.16. The minimum atomic E-state index is -0.904. The Morgan fingerprint density at radius 3 is 2.72 bits per heavy atom. The van der Waals surface area contributed by atoms with Crippen molar-refractivity contribution in [1.82, 2.24) is 10.3 Å². The molecule has 5 nitrogen and oxygen atoms in total. The lowest BCUT2D eigenvalue weighted by Gasteiger charge is -2.24. The summed E-state index contributed by atoms with van der Waals surface area (Å²) in [5.41, 5.74) is 5.41. The molecular formula is C40H45ClN2O3S. The first-order valence-corrected chi connectivity index (χ1v) is 18.2. The third-order valence-corrected chi connectivity index (χ3v) is 11.4. The Bertz CT molecular complexity index is 1720. The van der Waals surface area contributed by atoms with Gasteiger partial charge in [-0.15, -0.1) is 0 Å². The number of halogens is 1. The summed E-state index contributed by atoms with van der Waals surface area (Å²) >= 11 is 8.17. The Hall–Kier alpha value is -3.16. The Kier molecular flexibility index (Phi) is 10.7. The molecule has 1 saturated carbocycles. The van der Waals surface area contributed by atoms with Crippen LogP contribution < -0.4 is 5.32 Å². The van der Waals surface area contributed by atoms with Crippen molar-refractivity contribution in [2.75, 3.05) is 18.9 Å². The van der Waals surface area contributed by atoms with E-state index in [1.54, 1.807) is 0 Å². The van der Waals surface area contributed by atoms with Crippen molar-refractivity contribution in [1.29, 1.82) is 0 Å². The van der Waals surface area contributed by atoms with Crippen LogP contribution in [0.3, 0.4) is 0 Å². The molecule has 7 heteroatoms. The van der Waals surface area contributed by atoms with Crippen molar-refractivity contribution in [3.63, 3.8) is 0 Å². The van der Waals surface area contributed by atoms with Crippen molar-refractivity contribution >= 4 is 52.4 Å². The van der Waals surface area contributed by atoms with Crippen LogP contribution in [0.5, 0.6) is 0 Å². The number of nitrogens with zero attached hydrogens (tertiary/aromatic N) is 1. The van der Waals surface area contributed by atoms with Gasteiger partial charge in [0.15, 0.2) is 0 Å². The highest BCUT2D eigenvalue weighted by atomic mass is 35.5. The summed E-state index contributed by atoms with van der Waals surface area (Å²) in [6.07, 6.45) is 10.8. The number of fused-ring (bicyclic) bond motifs is 1. The summed E-state index contributed by atoms with van der Waals surface area (Å²) in [5.74, 6) is 0.856. The van der Waals surface area contributed by atoms with Crippen LogP contribution in [0.4, 0.5) is 0 Å². The lowest BCUT2D eigenvalue weighted by Crippen LogP contribution is -2.28. The standard InChI is InChI=1S/C40H45ClN2O3S/c1-39(2,45)35-11-4-3-8-29(35)15-19-37(47-27-40(20-21-40)25-38(44)46-26-34-10-6-22-42-34)31-9-5-7-28(23-31)12-17-33-18-14-30-13-16-32(41)24-36(30)43-33/h3-5,7-9,11-14,16-18,23-24,34,37,42,45H,6,10,15,19-22,25-27H2,1-2H3/t34?,37-/m1/s1. The molecule has 246 valence electrons. The first-order valence-electron chi connectivity index (χ1n) is 16.8. The second-order valence-electron chi connectivity index (χ2n) is 13.8. The van der Waals surface area contributed by atoms with Crippen molar-refractivity contribution in [3.05, 3.63) is 112 Å². The maximum atomic E-state index is 12.8. The quantitative estimate of drug-likeness (QED) is 0.131. The summed E-state index contributed by atoms with van der Waals surface area (Å²) in [5, 5.41) is 16.2. The summed E-state index contributed by atoms with van der Waals surface area (Å²) in [6.45, 7) is 5.20. The zero-order valence-electron chi connectivity index (χ0n) is 27.4. The van der Waals surface area contributed by atoms with Gasteiger partial charge in [0.2, 0.25) is 0 Å². The highest BCUT2D eigenvalue weighted by Gasteiger charge is 2.45.